The number of guanidine groups is 2. The number of nitrogens with two attached hydrogens (primary N) is 4. The summed E-state index contributed by atoms with van der Waals surface area (Å²) >= 11 is 0. The lowest BCUT2D eigenvalue weighted by molar-refractivity contribution is 0.627. The first-order valence-electron chi connectivity index (χ1n) is 11.4. The molecule has 0 fully saturated rings. The van der Waals surface area contributed by atoms with Crippen molar-refractivity contribution < 1.29 is 8.78 Å². The lowest BCUT2D eigenvalue weighted by Crippen LogP contribution is -2.22. The van der Waals surface area contributed by atoms with Crippen LogP contribution in [0.15, 0.2) is 117 Å². The molecule has 0 spiro atoms. The van der Waals surface area contributed by atoms with Crippen LogP contribution in [0.4, 0.5) is 8.78 Å². The molecular formula is C28H24F2N8. The topological polar surface area (TPSA) is 154 Å². The summed E-state index contributed by atoms with van der Waals surface area (Å²) in [7, 11) is 0. The summed E-state index contributed by atoms with van der Waals surface area (Å²) < 4.78 is 26.9. The fraction of sp³-hybridized carbons (Fsp3) is 0. The third-order valence-electron chi connectivity index (χ3n) is 5.42. The number of benzene rings is 4. The molecule has 4 aromatic rings. The van der Waals surface area contributed by atoms with Crippen molar-refractivity contribution in [1.82, 2.24) is 0 Å². The molecule has 4 aromatic carbocycles. The zero-order valence-electron chi connectivity index (χ0n) is 20.1. The smallest absolute Gasteiger partial charge is 0.211 e. The van der Waals surface area contributed by atoms with Crippen molar-refractivity contribution in [3.8, 4) is 11.1 Å². The van der Waals surface area contributed by atoms with E-state index >= 15 is 0 Å². The zero-order valence-corrected chi connectivity index (χ0v) is 20.1. The van der Waals surface area contributed by atoms with Crippen LogP contribution in [0, 0.1) is 11.6 Å². The number of hydrogen-bond donors (Lipinski definition) is 4. The van der Waals surface area contributed by atoms with Crippen LogP contribution in [0.25, 0.3) is 11.1 Å². The zero-order chi connectivity index (χ0) is 27.1. The van der Waals surface area contributed by atoms with E-state index in [1.54, 1.807) is 24.3 Å². The molecule has 0 heterocycles. The summed E-state index contributed by atoms with van der Waals surface area (Å²) in [5.74, 6) is -1.10. The SMILES string of the molecule is NC(N)=N/N=C(\c1ccc(F)cc1)c1ccc(-c2ccc(/C(=N\N=C(N)N)c3ccc(F)cc3)cc2)cc1. The Morgan fingerprint density at radius 3 is 0.921 bits per heavy atom. The van der Waals surface area contributed by atoms with Gasteiger partial charge >= 0.3 is 0 Å². The van der Waals surface area contributed by atoms with Gasteiger partial charge in [-0.05, 0) is 59.7 Å². The molecule has 0 aliphatic rings. The third-order valence-corrected chi connectivity index (χ3v) is 5.42. The van der Waals surface area contributed by atoms with E-state index in [4.69, 9.17) is 22.9 Å². The van der Waals surface area contributed by atoms with Gasteiger partial charge in [0.2, 0.25) is 11.9 Å². The van der Waals surface area contributed by atoms with Gasteiger partial charge in [-0.25, -0.2) is 8.78 Å². The maximum Gasteiger partial charge on any atom is 0.211 e. The first-order valence-corrected chi connectivity index (χ1v) is 11.4. The Morgan fingerprint density at radius 2 is 0.658 bits per heavy atom. The molecule has 10 heteroatoms. The molecule has 0 radical (unpaired) electrons. The molecule has 0 saturated carbocycles. The van der Waals surface area contributed by atoms with E-state index in [1.807, 2.05) is 48.5 Å². The van der Waals surface area contributed by atoms with Crippen LogP contribution in [0.5, 0.6) is 0 Å². The molecule has 0 atom stereocenters. The summed E-state index contributed by atoms with van der Waals surface area (Å²) in [6, 6.07) is 27.0. The second-order valence-electron chi connectivity index (χ2n) is 8.12. The van der Waals surface area contributed by atoms with Gasteiger partial charge in [0.1, 0.15) is 23.1 Å². The Labute approximate surface area is 217 Å². The van der Waals surface area contributed by atoms with Crippen LogP contribution in [0.1, 0.15) is 22.3 Å². The van der Waals surface area contributed by atoms with E-state index in [2.05, 4.69) is 20.4 Å². The highest BCUT2D eigenvalue weighted by molar-refractivity contribution is 6.14. The Kier molecular flexibility index (Phi) is 7.83. The average Bonchev–Trinajstić information content (AvgIpc) is 2.91. The molecule has 0 amide bonds. The van der Waals surface area contributed by atoms with Crippen LogP contribution in [0.3, 0.4) is 0 Å². The Balaban J connectivity index is 1.64. The molecule has 0 aromatic heterocycles. The van der Waals surface area contributed by atoms with E-state index in [0.717, 1.165) is 22.3 Å². The summed E-state index contributed by atoms with van der Waals surface area (Å²) in [5.41, 5.74) is 27.4. The molecule has 0 unspecified atom stereocenters. The van der Waals surface area contributed by atoms with E-state index in [9.17, 15) is 8.78 Å². The summed E-state index contributed by atoms with van der Waals surface area (Å²) in [6.07, 6.45) is 0. The predicted octanol–water partition coefficient (Wildman–Crippen LogP) is 3.68. The maximum absolute atomic E-state index is 13.4. The van der Waals surface area contributed by atoms with Gasteiger partial charge in [0, 0.05) is 22.3 Å². The molecule has 0 aliphatic heterocycles. The number of rotatable bonds is 7. The van der Waals surface area contributed by atoms with Gasteiger partial charge in [-0.2, -0.15) is 0 Å². The van der Waals surface area contributed by atoms with Gasteiger partial charge in [0.25, 0.3) is 0 Å². The molecule has 38 heavy (non-hydrogen) atoms. The monoisotopic (exact) mass is 510 g/mol. The Bertz CT molecular complexity index is 1400. The standard InChI is InChI=1S/C28H24F2N8/c29-23-13-9-21(10-14-23)25(35-37-27(31)32)19-5-1-17(2-6-19)18-3-7-20(8-4-18)26(36-38-28(33)34)22-11-15-24(30)16-12-22/h1-16H,(H4,31,32,37)(H4,33,34,38)/b35-25-,36-26+. The van der Waals surface area contributed by atoms with Crippen molar-refractivity contribution in [2.24, 2.45) is 43.3 Å². The lowest BCUT2D eigenvalue weighted by Gasteiger charge is -2.09. The summed E-state index contributed by atoms with van der Waals surface area (Å²) in [5, 5.41) is 15.9. The number of halogens is 2. The lowest BCUT2D eigenvalue weighted by atomic mass is 9.96. The first kappa shape index (κ1) is 25.7. The van der Waals surface area contributed by atoms with E-state index < -0.39 is 0 Å². The summed E-state index contributed by atoms with van der Waals surface area (Å²) in [6.45, 7) is 0. The van der Waals surface area contributed by atoms with Crippen LogP contribution in [-0.2, 0) is 0 Å². The minimum atomic E-state index is -0.361. The minimum absolute atomic E-state index is 0.190. The third kappa shape index (κ3) is 6.43. The highest BCUT2D eigenvalue weighted by atomic mass is 19.1. The molecule has 4 rings (SSSR count). The molecule has 0 saturated heterocycles. The molecule has 0 aliphatic carbocycles. The normalized spacial score (nSPS) is 11.6. The first-order chi connectivity index (χ1) is 18.3. The van der Waals surface area contributed by atoms with Crippen LogP contribution < -0.4 is 22.9 Å². The van der Waals surface area contributed by atoms with E-state index in [1.165, 1.54) is 24.3 Å². The highest BCUT2D eigenvalue weighted by Crippen LogP contribution is 2.23. The van der Waals surface area contributed by atoms with Crippen molar-refractivity contribution in [1.29, 1.82) is 0 Å². The van der Waals surface area contributed by atoms with Gasteiger partial charge in [-0.15, -0.1) is 20.4 Å². The molecule has 8 nitrogen and oxygen atoms in total. The van der Waals surface area contributed by atoms with Gasteiger partial charge < -0.3 is 22.9 Å². The van der Waals surface area contributed by atoms with Crippen LogP contribution in [0.2, 0.25) is 0 Å². The fourth-order valence-electron chi connectivity index (χ4n) is 3.64. The molecule has 8 N–H and O–H groups in total. The average molecular weight is 511 g/mol. The van der Waals surface area contributed by atoms with E-state index in [0.29, 0.717) is 22.6 Å². The number of nitrogens with zero attached hydrogens (tertiary/aromatic N) is 4. The second kappa shape index (κ2) is 11.6. The number of hydrogen-bond acceptors (Lipinski definition) is 4. The van der Waals surface area contributed by atoms with Gasteiger partial charge in [-0.1, -0.05) is 48.5 Å². The Morgan fingerprint density at radius 1 is 0.395 bits per heavy atom. The fourth-order valence-corrected chi connectivity index (χ4v) is 3.64. The van der Waals surface area contributed by atoms with Crippen LogP contribution >= 0.6 is 0 Å². The molecular weight excluding hydrogens is 486 g/mol. The van der Waals surface area contributed by atoms with Gasteiger partial charge in [0.05, 0.1) is 0 Å². The quantitative estimate of drug-likeness (QED) is 0.170. The molecule has 0 bridgehead atoms. The molecule has 190 valence electrons. The Hall–Kier alpha value is -5.38. The minimum Gasteiger partial charge on any atom is -0.369 e. The van der Waals surface area contributed by atoms with Crippen molar-refractivity contribution in [2.75, 3.05) is 0 Å². The van der Waals surface area contributed by atoms with Crippen molar-refractivity contribution in [2.45, 2.75) is 0 Å². The highest BCUT2D eigenvalue weighted by Gasteiger charge is 2.11. The van der Waals surface area contributed by atoms with Crippen molar-refractivity contribution in [3.63, 3.8) is 0 Å². The van der Waals surface area contributed by atoms with E-state index in [-0.39, 0.29) is 23.6 Å². The maximum atomic E-state index is 13.4. The summed E-state index contributed by atoms with van der Waals surface area (Å²) in [4.78, 5) is 0. The largest absolute Gasteiger partial charge is 0.369 e. The van der Waals surface area contributed by atoms with Crippen molar-refractivity contribution in [3.05, 3.63) is 131 Å². The second-order valence-corrected chi connectivity index (χ2v) is 8.12. The van der Waals surface area contributed by atoms with Crippen molar-refractivity contribution >= 4 is 23.3 Å². The van der Waals surface area contributed by atoms with Gasteiger partial charge in [0.15, 0.2) is 0 Å². The predicted molar refractivity (Wildman–Crippen MR) is 148 cm³/mol. The van der Waals surface area contributed by atoms with Gasteiger partial charge in [-0.3, -0.25) is 0 Å². The van der Waals surface area contributed by atoms with Crippen LogP contribution in [-0.4, -0.2) is 23.3 Å².